The maximum atomic E-state index is 13.1. The largest absolute Gasteiger partial charge is 0.390 e. The molecule has 1 aromatic rings. The van der Waals surface area contributed by atoms with Crippen molar-refractivity contribution < 1.29 is 9.90 Å². The van der Waals surface area contributed by atoms with Gasteiger partial charge in [0.05, 0.1) is 11.8 Å². The van der Waals surface area contributed by atoms with Crippen molar-refractivity contribution in [3.05, 3.63) is 12.4 Å². The normalized spacial score (nSPS) is 47.8. The molecule has 28 heavy (non-hydrogen) atoms. The van der Waals surface area contributed by atoms with Crippen LogP contribution in [-0.4, -0.2) is 31.5 Å². The molecule has 4 saturated carbocycles. The second-order valence-electron chi connectivity index (χ2n) is 10.9. The van der Waals surface area contributed by atoms with E-state index >= 15 is 0 Å². The van der Waals surface area contributed by atoms with Crippen molar-refractivity contribution in [1.82, 2.24) is 15.0 Å². The third-order valence-electron chi connectivity index (χ3n) is 9.42. The predicted octanol–water partition coefficient (Wildman–Crippen LogP) is 3.87. The van der Waals surface area contributed by atoms with Gasteiger partial charge in [-0.15, -0.1) is 5.10 Å². The third kappa shape index (κ3) is 2.96. The van der Waals surface area contributed by atoms with Crippen molar-refractivity contribution in [3.63, 3.8) is 0 Å². The summed E-state index contributed by atoms with van der Waals surface area (Å²) >= 11 is 0. The molecule has 5 rings (SSSR count). The Bertz CT molecular complexity index is 730. The van der Waals surface area contributed by atoms with E-state index in [1.54, 1.807) is 17.1 Å². The number of carbonyl (C=O) groups is 1. The van der Waals surface area contributed by atoms with Crippen molar-refractivity contribution in [2.75, 3.05) is 0 Å². The Balaban J connectivity index is 1.32. The van der Waals surface area contributed by atoms with E-state index in [1.807, 2.05) is 6.92 Å². The van der Waals surface area contributed by atoms with Gasteiger partial charge in [0.15, 0.2) is 5.78 Å². The lowest BCUT2D eigenvalue weighted by molar-refractivity contribution is -0.133. The van der Waals surface area contributed by atoms with Gasteiger partial charge < -0.3 is 5.11 Å². The maximum absolute atomic E-state index is 13.1. The molecule has 0 amide bonds. The van der Waals surface area contributed by atoms with Gasteiger partial charge >= 0.3 is 0 Å². The van der Waals surface area contributed by atoms with Gasteiger partial charge in [-0.05, 0) is 99.7 Å². The van der Waals surface area contributed by atoms with Crippen LogP contribution in [0.3, 0.4) is 0 Å². The van der Waals surface area contributed by atoms with Crippen molar-refractivity contribution in [1.29, 1.82) is 0 Å². The van der Waals surface area contributed by atoms with Gasteiger partial charge in [-0.2, -0.15) is 0 Å². The summed E-state index contributed by atoms with van der Waals surface area (Å²) in [6.07, 6.45) is 14.0. The quantitative estimate of drug-likeness (QED) is 0.858. The molecule has 4 aliphatic carbocycles. The smallest absolute Gasteiger partial charge is 0.157 e. The lowest BCUT2D eigenvalue weighted by atomic mass is 9.49. The number of carbonyl (C=O) groups excluding carboxylic acids is 1. The summed E-state index contributed by atoms with van der Waals surface area (Å²) in [4.78, 5) is 13.1. The number of Topliss-reactive ketones (excluding diaryl/α,β-unsaturated/α-hetero) is 1. The minimum absolute atomic E-state index is 0.172. The second kappa shape index (κ2) is 6.65. The molecule has 1 heterocycles. The van der Waals surface area contributed by atoms with E-state index < -0.39 is 5.60 Å². The third-order valence-corrected chi connectivity index (χ3v) is 9.42. The van der Waals surface area contributed by atoms with Crippen LogP contribution in [0.15, 0.2) is 12.4 Å². The minimum atomic E-state index is -0.441. The van der Waals surface area contributed by atoms with Crippen LogP contribution in [0.1, 0.15) is 71.6 Å². The minimum Gasteiger partial charge on any atom is -0.390 e. The standard InChI is InChI=1S/C23H35N3O2/c1-22(28)9-7-16-15(13-22)3-4-18-17(16)8-10-23(2)19(18)5-6-20(23)21(27)14-26-12-11-24-25-26/h11-12,15-20,28H,3-10,13-14H2,1-2H3/t15-,16-,17?,18?,19?,20+,22+,23-/m0/s1. The van der Waals surface area contributed by atoms with Crippen molar-refractivity contribution >= 4 is 5.78 Å². The Morgan fingerprint density at radius 1 is 1.07 bits per heavy atom. The summed E-state index contributed by atoms with van der Waals surface area (Å²) in [5, 5.41) is 18.4. The van der Waals surface area contributed by atoms with Crippen LogP contribution in [0.2, 0.25) is 0 Å². The highest BCUT2D eigenvalue weighted by Gasteiger charge is 2.58. The van der Waals surface area contributed by atoms with Crippen LogP contribution >= 0.6 is 0 Å². The Hall–Kier alpha value is -1.23. The molecule has 0 radical (unpaired) electrons. The van der Waals surface area contributed by atoms with Crippen LogP contribution in [-0.2, 0) is 11.3 Å². The van der Waals surface area contributed by atoms with E-state index in [0.717, 1.165) is 42.9 Å². The second-order valence-corrected chi connectivity index (χ2v) is 10.9. The molecule has 5 nitrogen and oxygen atoms in total. The van der Waals surface area contributed by atoms with Gasteiger partial charge in [0.25, 0.3) is 0 Å². The van der Waals surface area contributed by atoms with E-state index in [4.69, 9.17) is 0 Å². The van der Waals surface area contributed by atoms with Gasteiger partial charge in [0, 0.05) is 12.1 Å². The van der Waals surface area contributed by atoms with Crippen LogP contribution in [0.4, 0.5) is 0 Å². The molecule has 154 valence electrons. The van der Waals surface area contributed by atoms with E-state index in [0.29, 0.717) is 18.2 Å². The molecular weight excluding hydrogens is 350 g/mol. The highest BCUT2D eigenvalue weighted by atomic mass is 16.3. The number of hydrogen-bond acceptors (Lipinski definition) is 4. The van der Waals surface area contributed by atoms with Crippen LogP contribution in [0, 0.1) is 40.9 Å². The van der Waals surface area contributed by atoms with Gasteiger partial charge in [-0.25, -0.2) is 4.68 Å². The summed E-state index contributed by atoms with van der Waals surface area (Å²) in [5.74, 6) is 4.42. The Labute approximate surface area is 168 Å². The summed E-state index contributed by atoms with van der Waals surface area (Å²) in [6, 6.07) is 0. The molecule has 0 saturated heterocycles. The number of hydrogen-bond donors (Lipinski definition) is 1. The molecule has 0 aliphatic heterocycles. The Morgan fingerprint density at radius 3 is 2.68 bits per heavy atom. The summed E-state index contributed by atoms with van der Waals surface area (Å²) in [6.45, 7) is 4.83. The molecule has 0 bridgehead atoms. The fourth-order valence-corrected chi connectivity index (χ4v) is 8.20. The molecule has 5 heteroatoms. The fraction of sp³-hybridized carbons (Fsp3) is 0.870. The monoisotopic (exact) mass is 385 g/mol. The summed E-state index contributed by atoms with van der Waals surface area (Å²) in [5.41, 5.74) is -0.269. The van der Waals surface area contributed by atoms with E-state index in [1.165, 1.54) is 38.5 Å². The van der Waals surface area contributed by atoms with E-state index in [2.05, 4.69) is 17.2 Å². The van der Waals surface area contributed by atoms with Crippen LogP contribution in [0.25, 0.3) is 0 Å². The lowest BCUT2D eigenvalue weighted by Gasteiger charge is -2.56. The SMILES string of the molecule is C[C@@]1(O)CC[C@@H]2C3CC[C@@]4(C)C(CC[C@@H]4C(=O)Cn4ccnn4)C3CC[C@H]2C1. The molecule has 0 spiro atoms. The van der Waals surface area contributed by atoms with Gasteiger partial charge in [-0.1, -0.05) is 12.1 Å². The van der Waals surface area contributed by atoms with E-state index in [9.17, 15) is 9.90 Å². The number of rotatable bonds is 3. The average Bonchev–Trinajstić information content (AvgIpc) is 3.27. The van der Waals surface area contributed by atoms with Crippen molar-refractivity contribution in [2.45, 2.75) is 83.8 Å². The molecule has 8 atom stereocenters. The topological polar surface area (TPSA) is 68.0 Å². The zero-order valence-corrected chi connectivity index (χ0v) is 17.4. The van der Waals surface area contributed by atoms with Crippen LogP contribution < -0.4 is 0 Å². The average molecular weight is 386 g/mol. The first-order chi connectivity index (χ1) is 13.4. The number of aromatic nitrogens is 3. The number of nitrogens with zero attached hydrogens (tertiary/aromatic N) is 3. The van der Waals surface area contributed by atoms with Gasteiger partial charge in [0.1, 0.15) is 6.54 Å². The molecule has 3 unspecified atom stereocenters. The molecule has 0 aromatic carbocycles. The summed E-state index contributed by atoms with van der Waals surface area (Å²) < 4.78 is 1.68. The van der Waals surface area contributed by atoms with Crippen molar-refractivity contribution in [3.8, 4) is 0 Å². The number of aliphatic hydroxyl groups is 1. The first kappa shape index (κ1) is 18.8. The number of fused-ring (bicyclic) bond motifs is 5. The zero-order valence-electron chi connectivity index (χ0n) is 17.4. The Morgan fingerprint density at radius 2 is 1.89 bits per heavy atom. The highest BCUT2D eigenvalue weighted by Crippen LogP contribution is 2.64. The molecule has 1 N–H and O–H groups in total. The lowest BCUT2D eigenvalue weighted by Crippen LogP contribution is -2.51. The first-order valence-corrected chi connectivity index (χ1v) is 11.5. The zero-order chi connectivity index (χ0) is 19.5. The predicted molar refractivity (Wildman–Crippen MR) is 106 cm³/mol. The summed E-state index contributed by atoms with van der Waals surface area (Å²) in [7, 11) is 0. The first-order valence-electron chi connectivity index (χ1n) is 11.5. The van der Waals surface area contributed by atoms with Gasteiger partial charge in [-0.3, -0.25) is 4.79 Å². The molecule has 1 aromatic heterocycles. The van der Waals surface area contributed by atoms with E-state index in [-0.39, 0.29) is 11.3 Å². The fourth-order valence-electron chi connectivity index (χ4n) is 8.20. The van der Waals surface area contributed by atoms with Gasteiger partial charge in [0.2, 0.25) is 0 Å². The van der Waals surface area contributed by atoms with Crippen molar-refractivity contribution in [2.24, 2.45) is 40.9 Å². The highest BCUT2D eigenvalue weighted by molar-refractivity contribution is 5.82. The molecule has 4 fully saturated rings. The molecule has 4 aliphatic rings. The number of ketones is 1. The Kier molecular flexibility index (Phi) is 4.46. The maximum Gasteiger partial charge on any atom is 0.157 e. The molecular formula is C23H35N3O2. The van der Waals surface area contributed by atoms with Crippen LogP contribution in [0.5, 0.6) is 0 Å².